The van der Waals surface area contributed by atoms with Crippen molar-refractivity contribution in [2.75, 3.05) is 39.6 Å². The number of aliphatic hydroxyl groups is 1. The van der Waals surface area contributed by atoms with Gasteiger partial charge in [0.15, 0.2) is 12.2 Å². The van der Waals surface area contributed by atoms with Crippen LogP contribution in [0.25, 0.3) is 0 Å². The third-order valence-corrected chi connectivity index (χ3v) is 17.7. The van der Waals surface area contributed by atoms with E-state index in [1.807, 2.05) is 0 Å². The zero-order valence-corrected chi connectivity index (χ0v) is 59.9. The van der Waals surface area contributed by atoms with Crippen molar-refractivity contribution in [3.8, 4) is 0 Å². The minimum Gasteiger partial charge on any atom is -0.462 e. The Kier molecular flexibility index (Phi) is 59.7. The largest absolute Gasteiger partial charge is 0.472 e. The molecule has 19 heteroatoms. The van der Waals surface area contributed by atoms with Crippen LogP contribution in [0.5, 0.6) is 0 Å². The minimum atomic E-state index is -4.96. The Morgan fingerprint density at radius 3 is 0.900 bits per heavy atom. The van der Waals surface area contributed by atoms with Gasteiger partial charge in [0.05, 0.1) is 26.4 Å². The molecular weight excluding hydrogens is 1190 g/mol. The molecule has 0 heterocycles. The number of esters is 4. The Bertz CT molecular complexity index is 1860. The van der Waals surface area contributed by atoms with Gasteiger partial charge in [0.25, 0.3) is 0 Å². The topological polar surface area (TPSA) is 237 Å². The predicted molar refractivity (Wildman–Crippen MR) is 363 cm³/mol. The summed E-state index contributed by atoms with van der Waals surface area (Å²) in [6, 6.07) is 0. The quantitative estimate of drug-likeness (QED) is 0.0169. The molecule has 5 atom stereocenters. The molecular formula is C71H134O17P2. The Morgan fingerprint density at radius 1 is 0.344 bits per heavy atom. The molecule has 0 aromatic carbocycles. The van der Waals surface area contributed by atoms with Crippen LogP contribution in [0.15, 0.2) is 24.3 Å². The molecule has 0 radical (unpaired) electrons. The number of allylic oxidation sites excluding steroid dienone is 4. The molecule has 0 saturated heterocycles. The van der Waals surface area contributed by atoms with E-state index in [0.29, 0.717) is 25.7 Å². The fourth-order valence-electron chi connectivity index (χ4n) is 10.2. The molecule has 0 fully saturated rings. The Labute approximate surface area is 548 Å². The average Bonchev–Trinajstić information content (AvgIpc) is 2.94. The lowest BCUT2D eigenvalue weighted by atomic mass is 10.0. The molecule has 0 saturated carbocycles. The molecule has 0 aliphatic rings. The zero-order chi connectivity index (χ0) is 66.6. The highest BCUT2D eigenvalue weighted by Gasteiger charge is 2.30. The fraction of sp³-hybridized carbons (Fsp3) is 0.887. The molecule has 0 spiro atoms. The first-order valence-corrected chi connectivity index (χ1v) is 39.2. The van der Waals surface area contributed by atoms with Crippen LogP contribution < -0.4 is 0 Å². The van der Waals surface area contributed by atoms with Gasteiger partial charge in [0, 0.05) is 25.7 Å². The summed E-state index contributed by atoms with van der Waals surface area (Å²) in [7, 11) is -9.91. The summed E-state index contributed by atoms with van der Waals surface area (Å²) in [5.74, 6) is 0.0358. The lowest BCUT2D eigenvalue weighted by Gasteiger charge is -2.21. The first-order valence-electron chi connectivity index (χ1n) is 36.2. The highest BCUT2D eigenvalue weighted by molar-refractivity contribution is 7.47. The third kappa shape index (κ3) is 64.3. The molecule has 0 aliphatic heterocycles. The molecule has 0 rings (SSSR count). The second-order valence-electron chi connectivity index (χ2n) is 26.4. The van der Waals surface area contributed by atoms with E-state index in [9.17, 15) is 43.2 Å². The van der Waals surface area contributed by atoms with Gasteiger partial charge in [0.2, 0.25) is 0 Å². The zero-order valence-electron chi connectivity index (χ0n) is 58.1. The van der Waals surface area contributed by atoms with Gasteiger partial charge in [-0.1, -0.05) is 278 Å². The molecule has 0 amide bonds. The van der Waals surface area contributed by atoms with Crippen LogP contribution in [0.2, 0.25) is 0 Å². The highest BCUT2D eigenvalue weighted by atomic mass is 31.2. The smallest absolute Gasteiger partial charge is 0.462 e. The van der Waals surface area contributed by atoms with E-state index < -0.39 is 97.5 Å². The van der Waals surface area contributed by atoms with Crippen LogP contribution in [-0.2, 0) is 65.4 Å². The predicted octanol–water partition coefficient (Wildman–Crippen LogP) is 19.8. The summed E-state index contributed by atoms with van der Waals surface area (Å²) in [4.78, 5) is 72.5. The maximum Gasteiger partial charge on any atom is 0.472 e. The summed E-state index contributed by atoms with van der Waals surface area (Å²) >= 11 is 0. The molecule has 0 aliphatic carbocycles. The number of rotatable bonds is 67. The number of hydrogen-bond donors (Lipinski definition) is 3. The van der Waals surface area contributed by atoms with Gasteiger partial charge < -0.3 is 33.8 Å². The summed E-state index contributed by atoms with van der Waals surface area (Å²) in [6.07, 6.45) is 48.1. The van der Waals surface area contributed by atoms with Crippen LogP contribution >= 0.6 is 15.6 Å². The monoisotopic (exact) mass is 1320 g/mol. The first kappa shape index (κ1) is 87.5. The Balaban J connectivity index is 5.29. The number of carbonyl (C=O) groups excluding carboxylic acids is 4. The van der Waals surface area contributed by atoms with Crippen molar-refractivity contribution >= 4 is 39.5 Å². The highest BCUT2D eigenvalue weighted by Crippen LogP contribution is 2.45. The van der Waals surface area contributed by atoms with Crippen LogP contribution in [0.3, 0.4) is 0 Å². The van der Waals surface area contributed by atoms with Crippen molar-refractivity contribution < 1.29 is 80.2 Å². The summed E-state index contributed by atoms with van der Waals surface area (Å²) < 4.78 is 68.3. The minimum absolute atomic E-state index is 0.0979. The van der Waals surface area contributed by atoms with Crippen molar-refractivity contribution in [1.29, 1.82) is 0 Å². The average molecular weight is 1320 g/mol. The molecule has 3 N–H and O–H groups in total. The molecule has 0 bridgehead atoms. The number of carbonyl (C=O) groups is 4. The van der Waals surface area contributed by atoms with Gasteiger partial charge in [-0.15, -0.1) is 0 Å². The van der Waals surface area contributed by atoms with Crippen LogP contribution in [0.1, 0.15) is 331 Å². The van der Waals surface area contributed by atoms with Gasteiger partial charge in [-0.25, -0.2) is 9.13 Å². The molecule has 530 valence electrons. The maximum absolute atomic E-state index is 13.0. The lowest BCUT2D eigenvalue weighted by molar-refractivity contribution is -0.161. The van der Waals surface area contributed by atoms with Gasteiger partial charge in [-0.05, 0) is 69.1 Å². The van der Waals surface area contributed by atoms with E-state index in [1.165, 1.54) is 122 Å². The Hall–Kier alpha value is -2.46. The van der Waals surface area contributed by atoms with Crippen molar-refractivity contribution in [3.63, 3.8) is 0 Å². The number of hydrogen-bond acceptors (Lipinski definition) is 15. The second kappa shape index (κ2) is 61.4. The summed E-state index contributed by atoms with van der Waals surface area (Å²) in [5.41, 5.74) is 0. The number of unbranched alkanes of at least 4 members (excludes halogenated alkanes) is 32. The van der Waals surface area contributed by atoms with E-state index in [-0.39, 0.29) is 25.7 Å². The summed E-state index contributed by atoms with van der Waals surface area (Å²) in [5, 5.41) is 10.6. The molecule has 0 aromatic heterocycles. The third-order valence-electron chi connectivity index (χ3n) is 15.8. The summed E-state index contributed by atoms with van der Waals surface area (Å²) in [6.45, 7) is 11.7. The van der Waals surface area contributed by atoms with Crippen molar-refractivity contribution in [3.05, 3.63) is 24.3 Å². The van der Waals surface area contributed by atoms with Crippen molar-refractivity contribution in [2.45, 2.75) is 349 Å². The van der Waals surface area contributed by atoms with Gasteiger partial charge in [0.1, 0.15) is 19.3 Å². The Morgan fingerprint density at radius 2 is 0.600 bits per heavy atom. The van der Waals surface area contributed by atoms with Gasteiger partial charge >= 0.3 is 39.5 Å². The standard InChI is InChI=1S/C71H134O17P2/c1-8-9-10-11-12-13-14-15-16-17-18-23-31-38-45-52-68(73)81-58-66(87-70(75)54-47-40-33-24-19-21-28-35-42-49-62(2)3)60-85-89(77,78)83-56-65(72)57-84-90(79,80)86-61-67(59-82-69(74)53-46-39-32-27-26-30-37-44-51-64(6)7)88-71(76)55-48-41-34-25-20-22-29-36-43-50-63(4)5/h13-16,62-67,72H,8-12,17-61H2,1-7H3,(H,77,78)(H,79,80)/b14-13-,16-15-/t65?,66-,67-/m1/s1. The lowest BCUT2D eigenvalue weighted by Crippen LogP contribution is -2.30. The van der Waals surface area contributed by atoms with Gasteiger partial charge in [-0.2, -0.15) is 0 Å². The SMILES string of the molecule is CCCCCC/C=C\C=C/CCCCCCCC(=O)OC[C@H](COP(=O)(O)OCC(O)COP(=O)(O)OC[C@@H](COC(=O)CCCCCCCCCCC(C)C)OC(=O)CCCCCCCCCCCC(C)C)OC(=O)CCCCCCCCCCCC(C)C. The van der Waals surface area contributed by atoms with Crippen molar-refractivity contribution in [2.24, 2.45) is 17.8 Å². The van der Waals surface area contributed by atoms with E-state index in [4.69, 9.17) is 37.0 Å². The van der Waals surface area contributed by atoms with Crippen LogP contribution in [-0.4, -0.2) is 96.7 Å². The molecule has 3 unspecified atom stereocenters. The van der Waals surface area contributed by atoms with Crippen LogP contribution in [0, 0.1) is 17.8 Å². The second-order valence-corrected chi connectivity index (χ2v) is 29.3. The van der Waals surface area contributed by atoms with Crippen molar-refractivity contribution in [1.82, 2.24) is 0 Å². The van der Waals surface area contributed by atoms with E-state index in [1.54, 1.807) is 0 Å². The van der Waals surface area contributed by atoms with E-state index in [0.717, 1.165) is 127 Å². The normalized spacial score (nSPS) is 14.4. The molecule has 0 aromatic rings. The molecule has 17 nitrogen and oxygen atoms in total. The molecule has 90 heavy (non-hydrogen) atoms. The number of ether oxygens (including phenoxy) is 4. The number of aliphatic hydroxyl groups excluding tert-OH is 1. The fourth-order valence-corrected chi connectivity index (χ4v) is 11.8. The van der Waals surface area contributed by atoms with Gasteiger partial charge in [-0.3, -0.25) is 37.3 Å². The van der Waals surface area contributed by atoms with Crippen LogP contribution in [0.4, 0.5) is 0 Å². The first-order chi connectivity index (χ1) is 43.2. The van der Waals surface area contributed by atoms with E-state index in [2.05, 4.69) is 72.8 Å². The van der Waals surface area contributed by atoms with E-state index >= 15 is 0 Å². The number of phosphoric acid groups is 2. The number of phosphoric ester groups is 2. The maximum atomic E-state index is 13.0.